The molecule has 0 radical (unpaired) electrons. The number of carboxylic acid groups (broad SMARTS) is 1. The van der Waals surface area contributed by atoms with E-state index >= 15 is 0 Å². The molecule has 0 spiro atoms. The first-order valence-electron chi connectivity index (χ1n) is 3.28. The Morgan fingerprint density at radius 2 is 1.92 bits per heavy atom. The number of carbonyl (C=O) groups is 2. The second-order valence-electron chi connectivity index (χ2n) is 2.30. The van der Waals surface area contributed by atoms with Gasteiger partial charge in [0, 0.05) is 0 Å². The van der Waals surface area contributed by atoms with Gasteiger partial charge in [0.15, 0.2) is 0 Å². The van der Waals surface area contributed by atoms with Gasteiger partial charge in [-0.05, 0) is 18.2 Å². The summed E-state index contributed by atoms with van der Waals surface area (Å²) in [6.45, 7) is 0. The summed E-state index contributed by atoms with van der Waals surface area (Å²) < 4.78 is 12.5. The molecular formula is C8H5FO4. The first-order valence-corrected chi connectivity index (χ1v) is 3.28. The van der Waals surface area contributed by atoms with Crippen molar-refractivity contribution < 1.29 is 24.2 Å². The quantitative estimate of drug-likeness (QED) is 0.526. The van der Waals surface area contributed by atoms with Gasteiger partial charge in [-0.25, -0.2) is 9.18 Å². The summed E-state index contributed by atoms with van der Waals surface area (Å²) in [4.78, 5) is 21.0. The van der Waals surface area contributed by atoms with Gasteiger partial charge in [0.1, 0.15) is 11.6 Å². The third-order valence-corrected chi connectivity index (χ3v) is 1.40. The Hall–Kier alpha value is -1.91. The number of carbonyl (C=O) groups excluding carboxylic acids is 1. The number of phenolic OH excluding ortho intramolecular Hbond substituents is 1. The van der Waals surface area contributed by atoms with Crippen LogP contribution in [0, 0.1) is 5.82 Å². The van der Waals surface area contributed by atoms with Crippen molar-refractivity contribution in [3.63, 3.8) is 0 Å². The maximum Gasteiger partial charge on any atom is 0.377 e. The van der Waals surface area contributed by atoms with Crippen LogP contribution in [0.3, 0.4) is 0 Å². The predicted molar refractivity (Wildman–Crippen MR) is 40.0 cm³/mol. The fourth-order valence-corrected chi connectivity index (χ4v) is 0.805. The molecular weight excluding hydrogens is 179 g/mol. The molecule has 0 unspecified atom stereocenters. The lowest BCUT2D eigenvalue weighted by molar-refractivity contribution is -0.131. The van der Waals surface area contributed by atoms with Crippen LogP contribution in [0.5, 0.6) is 5.75 Å². The van der Waals surface area contributed by atoms with E-state index < -0.39 is 28.9 Å². The van der Waals surface area contributed by atoms with Gasteiger partial charge in [-0.3, -0.25) is 4.79 Å². The third kappa shape index (κ3) is 1.81. The summed E-state index contributed by atoms with van der Waals surface area (Å²) in [5.74, 6) is -4.39. The number of hydrogen-bond acceptors (Lipinski definition) is 3. The number of aliphatic carboxylic acids is 1. The van der Waals surface area contributed by atoms with Crippen molar-refractivity contribution in [3.8, 4) is 5.75 Å². The number of phenols is 1. The molecule has 0 saturated carbocycles. The number of ketones is 1. The highest BCUT2D eigenvalue weighted by molar-refractivity contribution is 6.40. The monoisotopic (exact) mass is 184 g/mol. The molecule has 68 valence electrons. The molecule has 2 N–H and O–H groups in total. The molecule has 0 heterocycles. The zero-order valence-electron chi connectivity index (χ0n) is 6.32. The second-order valence-corrected chi connectivity index (χ2v) is 2.30. The fourth-order valence-electron chi connectivity index (χ4n) is 0.805. The maximum absolute atomic E-state index is 12.5. The van der Waals surface area contributed by atoms with Crippen molar-refractivity contribution in [2.75, 3.05) is 0 Å². The molecule has 0 atom stereocenters. The smallest absolute Gasteiger partial charge is 0.377 e. The molecule has 0 fully saturated rings. The normalized spacial score (nSPS) is 9.62. The van der Waals surface area contributed by atoms with Crippen LogP contribution in [0.25, 0.3) is 0 Å². The lowest BCUT2D eigenvalue weighted by atomic mass is 10.1. The minimum Gasteiger partial charge on any atom is -0.507 e. The van der Waals surface area contributed by atoms with Crippen molar-refractivity contribution in [2.45, 2.75) is 0 Å². The van der Waals surface area contributed by atoms with E-state index in [-0.39, 0.29) is 0 Å². The highest BCUT2D eigenvalue weighted by atomic mass is 19.1. The van der Waals surface area contributed by atoms with Crippen LogP contribution in [-0.2, 0) is 4.79 Å². The first kappa shape index (κ1) is 9.18. The molecule has 0 bridgehead atoms. The second kappa shape index (κ2) is 3.22. The van der Waals surface area contributed by atoms with E-state index in [1.165, 1.54) is 0 Å². The predicted octanol–water partition coefficient (Wildman–Crippen LogP) is 0.799. The maximum atomic E-state index is 12.5. The summed E-state index contributed by atoms with van der Waals surface area (Å²) in [6.07, 6.45) is 0. The van der Waals surface area contributed by atoms with Gasteiger partial charge < -0.3 is 10.2 Å². The molecule has 0 aliphatic carbocycles. The fraction of sp³-hybridized carbons (Fsp3) is 0. The molecule has 0 aliphatic heterocycles. The van der Waals surface area contributed by atoms with Gasteiger partial charge in [0.2, 0.25) is 0 Å². The van der Waals surface area contributed by atoms with Gasteiger partial charge in [0.05, 0.1) is 5.56 Å². The van der Waals surface area contributed by atoms with E-state index in [4.69, 9.17) is 10.2 Å². The van der Waals surface area contributed by atoms with Crippen molar-refractivity contribution in [3.05, 3.63) is 29.6 Å². The topological polar surface area (TPSA) is 74.6 Å². The Labute approximate surface area is 72.2 Å². The lowest BCUT2D eigenvalue weighted by Crippen LogP contribution is -2.12. The Morgan fingerprint density at radius 1 is 1.31 bits per heavy atom. The third-order valence-electron chi connectivity index (χ3n) is 1.40. The standard InChI is InChI=1S/C8H5FO4/c9-4-1-2-6(10)5(3-4)7(11)8(12)13/h1-3,10H,(H,12,13). The summed E-state index contributed by atoms with van der Waals surface area (Å²) in [7, 11) is 0. The molecule has 0 amide bonds. The number of halogens is 1. The van der Waals surface area contributed by atoms with E-state index in [0.29, 0.717) is 6.07 Å². The Balaban J connectivity index is 3.21. The van der Waals surface area contributed by atoms with Crippen LogP contribution in [0.15, 0.2) is 18.2 Å². The largest absolute Gasteiger partial charge is 0.507 e. The number of benzene rings is 1. The van der Waals surface area contributed by atoms with E-state index in [0.717, 1.165) is 12.1 Å². The first-order chi connectivity index (χ1) is 6.02. The number of aromatic hydroxyl groups is 1. The summed E-state index contributed by atoms with van der Waals surface area (Å²) in [5.41, 5.74) is -0.549. The average molecular weight is 184 g/mol. The van der Waals surface area contributed by atoms with Crippen molar-refractivity contribution >= 4 is 11.8 Å². The highest BCUT2D eigenvalue weighted by Gasteiger charge is 2.18. The van der Waals surface area contributed by atoms with Crippen LogP contribution in [-0.4, -0.2) is 22.0 Å². The van der Waals surface area contributed by atoms with Crippen molar-refractivity contribution in [2.24, 2.45) is 0 Å². The molecule has 13 heavy (non-hydrogen) atoms. The van der Waals surface area contributed by atoms with Crippen LogP contribution in [0.2, 0.25) is 0 Å². The Morgan fingerprint density at radius 3 is 2.46 bits per heavy atom. The minimum atomic E-state index is -1.74. The molecule has 5 heteroatoms. The Bertz CT molecular complexity index is 372. The van der Waals surface area contributed by atoms with Crippen molar-refractivity contribution in [1.82, 2.24) is 0 Å². The average Bonchev–Trinajstić information content (AvgIpc) is 2.08. The number of carboxylic acids is 1. The molecule has 0 aliphatic rings. The van der Waals surface area contributed by atoms with Gasteiger partial charge in [-0.15, -0.1) is 0 Å². The zero-order chi connectivity index (χ0) is 10.0. The summed E-state index contributed by atoms with van der Waals surface area (Å²) in [5, 5.41) is 17.3. The minimum absolute atomic E-state index is 0.547. The summed E-state index contributed by atoms with van der Waals surface area (Å²) >= 11 is 0. The van der Waals surface area contributed by atoms with Crippen LogP contribution in [0.4, 0.5) is 4.39 Å². The zero-order valence-corrected chi connectivity index (χ0v) is 6.32. The van der Waals surface area contributed by atoms with E-state index in [2.05, 4.69) is 0 Å². The summed E-state index contributed by atoms with van der Waals surface area (Å²) in [6, 6.07) is 2.52. The van der Waals surface area contributed by atoms with Gasteiger partial charge in [-0.1, -0.05) is 0 Å². The number of hydrogen-bond donors (Lipinski definition) is 2. The number of Topliss-reactive ketones (excluding diaryl/α,β-unsaturated/α-hetero) is 1. The van der Waals surface area contributed by atoms with Gasteiger partial charge >= 0.3 is 5.97 Å². The molecule has 1 aromatic rings. The molecule has 0 saturated heterocycles. The molecule has 0 aromatic heterocycles. The SMILES string of the molecule is O=C(O)C(=O)c1cc(F)ccc1O. The van der Waals surface area contributed by atoms with Crippen LogP contribution in [0.1, 0.15) is 10.4 Å². The Kier molecular flexibility index (Phi) is 2.27. The number of rotatable bonds is 2. The van der Waals surface area contributed by atoms with Crippen LogP contribution >= 0.6 is 0 Å². The van der Waals surface area contributed by atoms with E-state index in [9.17, 15) is 14.0 Å². The molecule has 1 rings (SSSR count). The van der Waals surface area contributed by atoms with Crippen LogP contribution < -0.4 is 0 Å². The molecule has 1 aromatic carbocycles. The van der Waals surface area contributed by atoms with Crippen molar-refractivity contribution in [1.29, 1.82) is 0 Å². The van der Waals surface area contributed by atoms with Gasteiger partial charge in [0.25, 0.3) is 5.78 Å². The molecule has 4 nitrogen and oxygen atoms in total. The van der Waals surface area contributed by atoms with Gasteiger partial charge in [-0.2, -0.15) is 0 Å². The van der Waals surface area contributed by atoms with E-state index in [1.54, 1.807) is 0 Å². The lowest BCUT2D eigenvalue weighted by Gasteiger charge is -1.99. The van der Waals surface area contributed by atoms with E-state index in [1.807, 2.05) is 0 Å². The highest BCUT2D eigenvalue weighted by Crippen LogP contribution is 2.18.